The molecule has 0 aliphatic carbocycles. The topological polar surface area (TPSA) is 40.5 Å². The van der Waals surface area contributed by atoms with E-state index in [1.165, 1.54) is 12.1 Å². The molecular weight excluding hydrogens is 233 g/mol. The van der Waals surface area contributed by atoms with E-state index in [1.54, 1.807) is 0 Å². The van der Waals surface area contributed by atoms with E-state index in [4.69, 9.17) is 5.11 Å². The van der Waals surface area contributed by atoms with Crippen LogP contribution in [-0.4, -0.2) is 23.7 Å². The van der Waals surface area contributed by atoms with E-state index in [0.29, 0.717) is 0 Å². The first-order valence-electron chi connectivity index (χ1n) is 6.04. The van der Waals surface area contributed by atoms with Crippen LogP contribution in [0.3, 0.4) is 0 Å². The van der Waals surface area contributed by atoms with Crippen molar-refractivity contribution in [2.75, 3.05) is 11.9 Å². The lowest BCUT2D eigenvalue weighted by Crippen LogP contribution is -2.45. The lowest BCUT2D eigenvalue weighted by molar-refractivity contribution is 0.0691. The summed E-state index contributed by atoms with van der Waals surface area (Å²) >= 11 is 0. The van der Waals surface area contributed by atoms with Crippen LogP contribution in [0.15, 0.2) is 12.1 Å². The minimum atomic E-state index is -1.21. The fourth-order valence-corrected chi connectivity index (χ4v) is 2.75. The Labute approximate surface area is 106 Å². The fourth-order valence-electron chi connectivity index (χ4n) is 2.75. The second kappa shape index (κ2) is 3.97. The monoisotopic (exact) mass is 251 g/mol. The molecule has 0 saturated carbocycles. The number of anilines is 1. The van der Waals surface area contributed by atoms with Gasteiger partial charge in [0.05, 0.1) is 5.56 Å². The van der Waals surface area contributed by atoms with Crippen LogP contribution in [-0.2, 0) is 0 Å². The smallest absolute Gasteiger partial charge is 0.338 e. The van der Waals surface area contributed by atoms with E-state index in [-0.39, 0.29) is 17.0 Å². The van der Waals surface area contributed by atoms with Gasteiger partial charge in [-0.1, -0.05) is 6.92 Å². The number of fused-ring (bicyclic) bond motifs is 1. The highest BCUT2D eigenvalue weighted by Crippen LogP contribution is 2.43. The highest BCUT2D eigenvalue weighted by atomic mass is 19.1. The molecule has 98 valence electrons. The molecule has 4 heteroatoms. The number of aromatic carboxylic acids is 1. The highest BCUT2D eigenvalue weighted by molar-refractivity contribution is 5.89. The zero-order chi connectivity index (χ0) is 13.7. The summed E-state index contributed by atoms with van der Waals surface area (Å²) in [5, 5.41) is 8.97. The third-order valence-electron chi connectivity index (χ3n) is 3.95. The van der Waals surface area contributed by atoms with E-state index >= 15 is 0 Å². The summed E-state index contributed by atoms with van der Waals surface area (Å²) in [5.74, 6) is -1.65. The molecule has 1 aromatic carbocycles. The molecule has 0 radical (unpaired) electrons. The maximum Gasteiger partial charge on any atom is 0.338 e. The first-order chi connectivity index (χ1) is 8.24. The molecule has 1 N–H and O–H groups in total. The van der Waals surface area contributed by atoms with Crippen molar-refractivity contribution >= 4 is 11.7 Å². The van der Waals surface area contributed by atoms with Gasteiger partial charge in [-0.25, -0.2) is 9.18 Å². The molecule has 2 rings (SSSR count). The number of hydrogen-bond donors (Lipinski definition) is 1. The number of carboxylic acid groups (broad SMARTS) is 1. The van der Waals surface area contributed by atoms with Gasteiger partial charge in [0.25, 0.3) is 0 Å². The normalized spacial score (nSPS) is 21.6. The van der Waals surface area contributed by atoms with Crippen molar-refractivity contribution in [1.29, 1.82) is 0 Å². The number of carboxylic acids is 1. The van der Waals surface area contributed by atoms with Crippen molar-refractivity contribution < 1.29 is 14.3 Å². The molecule has 0 bridgehead atoms. The van der Waals surface area contributed by atoms with E-state index < -0.39 is 11.8 Å². The standard InChI is InChI=1S/C14H18FNO2/c1-8-7-14(2,3)16(4)12-6-11(15)10(13(17)18)5-9(8)12/h5-6,8H,7H2,1-4H3,(H,17,18)/t8-/m1/s1. The van der Waals surface area contributed by atoms with Gasteiger partial charge in [0.1, 0.15) is 5.82 Å². The lowest BCUT2D eigenvalue weighted by Gasteiger charge is -2.45. The van der Waals surface area contributed by atoms with Gasteiger partial charge in [-0.15, -0.1) is 0 Å². The minimum absolute atomic E-state index is 0.0520. The van der Waals surface area contributed by atoms with E-state index in [2.05, 4.69) is 20.8 Å². The maximum absolute atomic E-state index is 13.8. The molecule has 3 nitrogen and oxygen atoms in total. The second-order valence-corrected chi connectivity index (χ2v) is 5.67. The summed E-state index contributed by atoms with van der Waals surface area (Å²) in [6.07, 6.45) is 0.918. The number of halogens is 1. The van der Waals surface area contributed by atoms with E-state index in [0.717, 1.165) is 17.7 Å². The zero-order valence-electron chi connectivity index (χ0n) is 11.1. The average molecular weight is 251 g/mol. The van der Waals surface area contributed by atoms with Crippen LogP contribution in [0.25, 0.3) is 0 Å². The highest BCUT2D eigenvalue weighted by Gasteiger charge is 2.35. The summed E-state index contributed by atoms with van der Waals surface area (Å²) in [4.78, 5) is 13.0. The minimum Gasteiger partial charge on any atom is -0.478 e. The molecule has 1 atom stereocenters. The Balaban J connectivity index is 2.62. The van der Waals surface area contributed by atoms with E-state index in [1.807, 2.05) is 11.9 Å². The van der Waals surface area contributed by atoms with Gasteiger partial charge in [-0.05, 0) is 43.9 Å². The van der Waals surface area contributed by atoms with Gasteiger partial charge in [0.15, 0.2) is 0 Å². The molecule has 0 fully saturated rings. The first-order valence-corrected chi connectivity index (χ1v) is 6.04. The lowest BCUT2D eigenvalue weighted by atomic mass is 9.80. The summed E-state index contributed by atoms with van der Waals surface area (Å²) in [6, 6.07) is 2.82. The first kappa shape index (κ1) is 12.9. The van der Waals surface area contributed by atoms with Crippen LogP contribution in [0.1, 0.15) is 49.0 Å². The van der Waals surface area contributed by atoms with Crippen molar-refractivity contribution in [3.05, 3.63) is 29.1 Å². The molecule has 18 heavy (non-hydrogen) atoms. The Morgan fingerprint density at radius 2 is 2.11 bits per heavy atom. The third-order valence-corrected chi connectivity index (χ3v) is 3.95. The molecule has 0 unspecified atom stereocenters. The Hall–Kier alpha value is -1.58. The molecular formula is C14H18FNO2. The summed E-state index contributed by atoms with van der Waals surface area (Å²) in [5.41, 5.74) is 1.41. The van der Waals surface area contributed by atoms with Crippen LogP contribution >= 0.6 is 0 Å². The quantitative estimate of drug-likeness (QED) is 0.833. The summed E-state index contributed by atoms with van der Waals surface area (Å²) in [7, 11) is 1.92. The largest absolute Gasteiger partial charge is 0.478 e. The van der Waals surface area contributed by atoms with Crippen molar-refractivity contribution in [3.63, 3.8) is 0 Å². The molecule has 0 aromatic heterocycles. The molecule has 0 spiro atoms. The van der Waals surface area contributed by atoms with Gasteiger partial charge in [-0.3, -0.25) is 0 Å². The average Bonchev–Trinajstić information content (AvgIpc) is 2.24. The number of hydrogen-bond acceptors (Lipinski definition) is 2. The summed E-state index contributed by atoms with van der Waals surface area (Å²) in [6.45, 7) is 6.27. The Morgan fingerprint density at radius 3 is 2.67 bits per heavy atom. The van der Waals surface area contributed by atoms with Gasteiger partial charge in [-0.2, -0.15) is 0 Å². The van der Waals surface area contributed by atoms with Crippen molar-refractivity contribution in [2.24, 2.45) is 0 Å². The summed E-state index contributed by atoms with van der Waals surface area (Å²) < 4.78 is 13.8. The van der Waals surface area contributed by atoms with Crippen molar-refractivity contribution in [3.8, 4) is 0 Å². The second-order valence-electron chi connectivity index (χ2n) is 5.67. The Bertz CT molecular complexity index is 511. The molecule has 0 saturated heterocycles. The van der Waals surface area contributed by atoms with Crippen molar-refractivity contribution in [1.82, 2.24) is 0 Å². The van der Waals surface area contributed by atoms with Crippen LogP contribution < -0.4 is 4.90 Å². The number of carbonyl (C=O) groups is 1. The SMILES string of the molecule is C[C@@H]1CC(C)(C)N(C)c2cc(F)c(C(=O)O)cc21. The van der Waals surface area contributed by atoms with Crippen molar-refractivity contribution in [2.45, 2.75) is 38.6 Å². The van der Waals surface area contributed by atoms with Gasteiger partial charge < -0.3 is 10.0 Å². The fraction of sp³-hybridized carbons (Fsp3) is 0.500. The molecule has 1 aromatic rings. The van der Waals surface area contributed by atoms with Gasteiger partial charge >= 0.3 is 5.97 Å². The van der Waals surface area contributed by atoms with E-state index in [9.17, 15) is 9.18 Å². The predicted octanol–water partition coefficient (Wildman–Crippen LogP) is 3.25. The molecule has 1 aliphatic heterocycles. The van der Waals surface area contributed by atoms with Crippen LogP contribution in [0.5, 0.6) is 0 Å². The zero-order valence-corrected chi connectivity index (χ0v) is 11.1. The predicted molar refractivity (Wildman–Crippen MR) is 68.9 cm³/mol. The maximum atomic E-state index is 13.8. The Morgan fingerprint density at radius 1 is 1.50 bits per heavy atom. The number of nitrogens with zero attached hydrogens (tertiary/aromatic N) is 1. The van der Waals surface area contributed by atoms with Gasteiger partial charge in [0, 0.05) is 18.3 Å². The Kier molecular flexibility index (Phi) is 2.84. The molecule has 1 aliphatic rings. The van der Waals surface area contributed by atoms with Crippen LogP contribution in [0.4, 0.5) is 10.1 Å². The van der Waals surface area contributed by atoms with Gasteiger partial charge in [0.2, 0.25) is 0 Å². The molecule has 1 heterocycles. The number of rotatable bonds is 1. The van der Waals surface area contributed by atoms with Crippen LogP contribution in [0, 0.1) is 5.82 Å². The molecule has 0 amide bonds. The van der Waals surface area contributed by atoms with Crippen LogP contribution in [0.2, 0.25) is 0 Å². The third kappa shape index (κ3) is 1.85. The number of benzene rings is 1.